The highest BCUT2D eigenvalue weighted by Gasteiger charge is 2.24. The minimum Gasteiger partial charge on any atom is -0.445 e. The monoisotopic (exact) mass is 381 g/mol. The van der Waals surface area contributed by atoms with Crippen LogP contribution in [0.5, 0.6) is 0 Å². The third-order valence-corrected chi connectivity index (χ3v) is 4.51. The van der Waals surface area contributed by atoms with Crippen molar-refractivity contribution in [2.75, 3.05) is 6.61 Å². The molecule has 0 aliphatic carbocycles. The first-order valence-corrected chi connectivity index (χ1v) is 8.82. The third-order valence-electron chi connectivity index (χ3n) is 3.92. The maximum Gasteiger partial charge on any atom is 0.410 e. The van der Waals surface area contributed by atoms with Crippen molar-refractivity contribution in [2.45, 2.75) is 32.5 Å². The Morgan fingerprint density at radius 3 is 2.52 bits per heavy atom. The number of halogens is 2. The lowest BCUT2D eigenvalue weighted by molar-refractivity contribution is 0.0595. The normalized spacial score (nSPS) is 11.8. The molecular formula is C19H21Cl2NO3. The van der Waals surface area contributed by atoms with E-state index in [1.165, 1.54) is 4.90 Å². The predicted octanol–water partition coefficient (Wildman–Crippen LogP) is 4.90. The number of benzene rings is 2. The number of rotatable bonds is 7. The van der Waals surface area contributed by atoms with Crippen molar-refractivity contribution in [3.05, 3.63) is 69.7 Å². The van der Waals surface area contributed by atoms with Gasteiger partial charge in [-0.3, -0.25) is 4.90 Å². The van der Waals surface area contributed by atoms with Gasteiger partial charge in [0.15, 0.2) is 0 Å². The van der Waals surface area contributed by atoms with Crippen molar-refractivity contribution < 1.29 is 14.6 Å². The van der Waals surface area contributed by atoms with E-state index in [1.807, 2.05) is 37.3 Å². The fourth-order valence-corrected chi connectivity index (χ4v) is 2.89. The zero-order chi connectivity index (χ0) is 18.2. The first-order chi connectivity index (χ1) is 12.0. The second-order valence-electron chi connectivity index (χ2n) is 5.65. The average molecular weight is 382 g/mol. The highest BCUT2D eigenvalue weighted by Crippen LogP contribution is 2.24. The zero-order valence-corrected chi connectivity index (χ0v) is 15.5. The van der Waals surface area contributed by atoms with Gasteiger partial charge in [-0.15, -0.1) is 0 Å². The molecule has 25 heavy (non-hydrogen) atoms. The molecular weight excluding hydrogens is 361 g/mol. The Morgan fingerprint density at radius 1 is 1.20 bits per heavy atom. The van der Waals surface area contributed by atoms with Crippen LogP contribution in [0, 0.1) is 0 Å². The summed E-state index contributed by atoms with van der Waals surface area (Å²) in [5.41, 5.74) is 1.65. The van der Waals surface area contributed by atoms with Crippen molar-refractivity contribution >= 4 is 29.3 Å². The molecule has 1 unspecified atom stereocenters. The number of aliphatic hydroxyl groups is 1. The Kier molecular flexibility index (Phi) is 7.56. The Hall–Kier alpha value is -1.75. The minimum absolute atomic E-state index is 0.151. The number of amides is 1. The summed E-state index contributed by atoms with van der Waals surface area (Å²) >= 11 is 12.1. The van der Waals surface area contributed by atoms with E-state index in [1.54, 1.807) is 18.2 Å². The quantitative estimate of drug-likeness (QED) is 0.741. The summed E-state index contributed by atoms with van der Waals surface area (Å²) in [5.74, 6) is 0. The van der Waals surface area contributed by atoms with Gasteiger partial charge in [-0.2, -0.15) is 0 Å². The Bertz CT molecular complexity index is 690. The molecule has 0 radical (unpaired) electrons. The number of hydrogen-bond donors (Lipinski definition) is 1. The standard InChI is InChI=1S/C19H21Cl2NO3/c1-2-17(12-23)22(11-15-8-9-16(20)10-18(15)21)19(24)25-13-14-6-4-3-5-7-14/h3-10,17,23H,2,11-13H2,1H3. The van der Waals surface area contributed by atoms with Crippen molar-refractivity contribution in [1.29, 1.82) is 0 Å². The van der Waals surface area contributed by atoms with Gasteiger partial charge in [-0.25, -0.2) is 4.79 Å². The highest BCUT2D eigenvalue weighted by atomic mass is 35.5. The molecule has 134 valence electrons. The van der Waals surface area contributed by atoms with Gasteiger partial charge in [-0.05, 0) is 29.7 Å². The molecule has 6 heteroatoms. The number of nitrogens with zero attached hydrogens (tertiary/aromatic N) is 1. The van der Waals surface area contributed by atoms with Gasteiger partial charge in [-0.1, -0.05) is 66.5 Å². The molecule has 2 aromatic carbocycles. The molecule has 4 nitrogen and oxygen atoms in total. The van der Waals surface area contributed by atoms with Crippen molar-refractivity contribution in [1.82, 2.24) is 4.90 Å². The number of hydrogen-bond acceptors (Lipinski definition) is 3. The number of carbonyl (C=O) groups excluding carboxylic acids is 1. The minimum atomic E-state index is -0.490. The van der Waals surface area contributed by atoms with E-state index in [9.17, 15) is 9.90 Å². The van der Waals surface area contributed by atoms with Crippen LogP contribution in [0.4, 0.5) is 4.79 Å². The summed E-state index contributed by atoms with van der Waals surface area (Å²) in [5, 5.41) is 10.6. The fraction of sp³-hybridized carbons (Fsp3) is 0.316. The molecule has 0 bridgehead atoms. The first kappa shape index (κ1) is 19.6. The third kappa shape index (κ3) is 5.63. The van der Waals surface area contributed by atoms with Crippen LogP contribution in [0.3, 0.4) is 0 Å². The molecule has 1 amide bonds. The Balaban J connectivity index is 2.12. The van der Waals surface area contributed by atoms with E-state index in [0.717, 1.165) is 11.1 Å². The molecule has 2 aromatic rings. The predicted molar refractivity (Wildman–Crippen MR) is 99.8 cm³/mol. The fourth-order valence-electron chi connectivity index (χ4n) is 2.43. The average Bonchev–Trinajstić information content (AvgIpc) is 2.62. The number of aliphatic hydroxyl groups excluding tert-OH is 1. The summed E-state index contributed by atoms with van der Waals surface area (Å²) in [6.45, 7) is 2.17. The molecule has 0 aliphatic heterocycles. The van der Waals surface area contributed by atoms with Gasteiger partial charge < -0.3 is 9.84 Å². The van der Waals surface area contributed by atoms with Crippen LogP contribution < -0.4 is 0 Å². The van der Waals surface area contributed by atoms with E-state index >= 15 is 0 Å². The van der Waals surface area contributed by atoms with E-state index in [4.69, 9.17) is 27.9 Å². The van der Waals surface area contributed by atoms with Crippen LogP contribution in [0.1, 0.15) is 24.5 Å². The van der Waals surface area contributed by atoms with Crippen LogP contribution in [-0.2, 0) is 17.9 Å². The lowest BCUT2D eigenvalue weighted by Gasteiger charge is -2.29. The molecule has 1 N–H and O–H groups in total. The summed E-state index contributed by atoms with van der Waals surface area (Å²) < 4.78 is 5.42. The lowest BCUT2D eigenvalue weighted by Crippen LogP contribution is -2.42. The molecule has 0 saturated carbocycles. The second kappa shape index (κ2) is 9.66. The smallest absolute Gasteiger partial charge is 0.410 e. The van der Waals surface area contributed by atoms with Gasteiger partial charge in [0.05, 0.1) is 19.2 Å². The van der Waals surface area contributed by atoms with E-state index in [0.29, 0.717) is 16.5 Å². The molecule has 2 rings (SSSR count). The largest absolute Gasteiger partial charge is 0.445 e. The van der Waals surface area contributed by atoms with E-state index in [-0.39, 0.29) is 25.8 Å². The molecule has 0 aromatic heterocycles. The summed E-state index contributed by atoms with van der Waals surface area (Å²) in [7, 11) is 0. The van der Waals surface area contributed by atoms with Crippen molar-refractivity contribution in [2.24, 2.45) is 0 Å². The maximum atomic E-state index is 12.6. The number of ether oxygens (including phenoxy) is 1. The van der Waals surface area contributed by atoms with E-state index in [2.05, 4.69) is 0 Å². The Labute approximate surface area is 157 Å². The molecule has 1 atom stereocenters. The Morgan fingerprint density at radius 2 is 1.92 bits per heavy atom. The van der Waals surface area contributed by atoms with Crippen molar-refractivity contribution in [3.63, 3.8) is 0 Å². The van der Waals surface area contributed by atoms with Crippen LogP contribution in [0.25, 0.3) is 0 Å². The second-order valence-corrected chi connectivity index (χ2v) is 6.49. The maximum absolute atomic E-state index is 12.6. The van der Waals surface area contributed by atoms with Gasteiger partial charge in [0.25, 0.3) is 0 Å². The van der Waals surface area contributed by atoms with Gasteiger partial charge in [0, 0.05) is 10.0 Å². The zero-order valence-electron chi connectivity index (χ0n) is 14.0. The van der Waals surface area contributed by atoms with Gasteiger partial charge in [0.1, 0.15) is 6.61 Å². The molecule has 0 fully saturated rings. The topological polar surface area (TPSA) is 49.8 Å². The summed E-state index contributed by atoms with van der Waals surface area (Å²) in [6, 6.07) is 14.2. The van der Waals surface area contributed by atoms with Crippen LogP contribution >= 0.6 is 23.2 Å². The van der Waals surface area contributed by atoms with Crippen molar-refractivity contribution in [3.8, 4) is 0 Å². The molecule has 0 saturated heterocycles. The van der Waals surface area contributed by atoms with Crippen LogP contribution in [-0.4, -0.2) is 28.7 Å². The first-order valence-electron chi connectivity index (χ1n) is 8.07. The molecule has 0 aliphatic rings. The molecule has 0 spiro atoms. The number of carbonyl (C=O) groups is 1. The SMILES string of the molecule is CCC(CO)N(Cc1ccc(Cl)cc1Cl)C(=O)OCc1ccccc1. The van der Waals surface area contributed by atoms with Crippen LogP contribution in [0.15, 0.2) is 48.5 Å². The molecule has 0 heterocycles. The highest BCUT2D eigenvalue weighted by molar-refractivity contribution is 6.35. The van der Waals surface area contributed by atoms with Gasteiger partial charge in [0.2, 0.25) is 0 Å². The summed E-state index contributed by atoms with van der Waals surface area (Å²) in [6.07, 6.45) is 0.109. The van der Waals surface area contributed by atoms with Gasteiger partial charge >= 0.3 is 6.09 Å². The van der Waals surface area contributed by atoms with E-state index < -0.39 is 6.09 Å². The summed E-state index contributed by atoms with van der Waals surface area (Å²) in [4.78, 5) is 14.1. The lowest BCUT2D eigenvalue weighted by atomic mass is 10.1. The van der Waals surface area contributed by atoms with Crippen LogP contribution in [0.2, 0.25) is 10.0 Å².